The zero-order valence-electron chi connectivity index (χ0n) is 10.4. The molecule has 0 radical (unpaired) electrons. The highest BCUT2D eigenvalue weighted by Gasteiger charge is 2.20. The summed E-state index contributed by atoms with van der Waals surface area (Å²) in [5.41, 5.74) is 7.80. The predicted octanol–water partition coefficient (Wildman–Crippen LogP) is 2.91. The maximum Gasteiger partial charge on any atom is 0.408 e. The summed E-state index contributed by atoms with van der Waals surface area (Å²) in [7, 11) is 0. The minimum Gasteiger partial charge on any atom is -0.444 e. The maximum atomic E-state index is 11.5. The van der Waals surface area contributed by atoms with Crippen molar-refractivity contribution in [2.45, 2.75) is 51.3 Å². The van der Waals surface area contributed by atoms with E-state index in [2.05, 4.69) is 15.3 Å². The van der Waals surface area contributed by atoms with Gasteiger partial charge in [0.2, 0.25) is 0 Å². The second-order valence-corrected chi connectivity index (χ2v) is 4.99. The van der Waals surface area contributed by atoms with Crippen LogP contribution >= 0.6 is 0 Å². The summed E-state index contributed by atoms with van der Waals surface area (Å²) in [6.45, 7) is 5.46. The molecular formula is C11H18N4O2. The summed E-state index contributed by atoms with van der Waals surface area (Å²) in [4.78, 5) is 14.2. The molecule has 94 valence electrons. The lowest BCUT2D eigenvalue weighted by Gasteiger charge is -2.24. The quantitative estimate of drug-likeness (QED) is 0.347. The summed E-state index contributed by atoms with van der Waals surface area (Å²) in [5, 5.41) is 6.36. The van der Waals surface area contributed by atoms with Crippen molar-refractivity contribution >= 4 is 6.09 Å². The number of alkyl carbamates (subject to hydrolysis) is 1. The number of hydrogen-bond acceptors (Lipinski definition) is 3. The number of carbonyl (C=O) groups excluding carboxylic acids is 1. The molecule has 0 saturated heterocycles. The van der Waals surface area contributed by atoms with Crippen molar-refractivity contribution in [1.29, 1.82) is 0 Å². The lowest BCUT2D eigenvalue weighted by atomic mass is 9.99. The van der Waals surface area contributed by atoms with Gasteiger partial charge in [0.05, 0.1) is 12.1 Å². The highest BCUT2D eigenvalue weighted by Crippen LogP contribution is 2.15. The van der Waals surface area contributed by atoms with Gasteiger partial charge in [0.1, 0.15) is 5.60 Å². The number of amides is 1. The number of azide groups is 1. The molecule has 1 rings (SSSR count). The van der Waals surface area contributed by atoms with Crippen LogP contribution < -0.4 is 5.32 Å². The molecule has 1 aliphatic rings. The average molecular weight is 238 g/mol. The molecular weight excluding hydrogens is 220 g/mol. The van der Waals surface area contributed by atoms with E-state index in [1.807, 2.05) is 32.9 Å². The first-order chi connectivity index (χ1) is 7.90. The van der Waals surface area contributed by atoms with Gasteiger partial charge in [-0.2, -0.15) is 0 Å². The summed E-state index contributed by atoms with van der Waals surface area (Å²) < 4.78 is 5.15. The smallest absolute Gasteiger partial charge is 0.408 e. The minimum atomic E-state index is -0.490. The van der Waals surface area contributed by atoms with Crippen molar-refractivity contribution in [3.05, 3.63) is 22.6 Å². The third kappa shape index (κ3) is 5.26. The topological polar surface area (TPSA) is 87.1 Å². The van der Waals surface area contributed by atoms with Gasteiger partial charge < -0.3 is 10.1 Å². The van der Waals surface area contributed by atoms with Gasteiger partial charge in [0.15, 0.2) is 0 Å². The third-order valence-electron chi connectivity index (χ3n) is 2.24. The zero-order chi connectivity index (χ0) is 12.9. The first kappa shape index (κ1) is 13.4. The molecule has 0 heterocycles. The van der Waals surface area contributed by atoms with Crippen molar-refractivity contribution in [2.24, 2.45) is 5.11 Å². The standard InChI is InChI=1S/C11H18N4O2/c1-11(2,3)17-10(16)13-8-4-6-9(7-5-8)14-15-12/h4,6,8-9H,5,7H2,1-3H3,(H,13,16)/t8-,9-/m0/s1. The van der Waals surface area contributed by atoms with E-state index in [1.165, 1.54) is 0 Å². The van der Waals surface area contributed by atoms with Gasteiger partial charge in [-0.15, -0.1) is 0 Å². The van der Waals surface area contributed by atoms with Gasteiger partial charge in [-0.3, -0.25) is 0 Å². The molecule has 0 fully saturated rings. The Kier molecular flexibility index (Phi) is 4.40. The van der Waals surface area contributed by atoms with E-state index in [0.717, 1.165) is 12.8 Å². The molecule has 1 N–H and O–H groups in total. The molecule has 6 nitrogen and oxygen atoms in total. The molecule has 0 saturated carbocycles. The molecule has 1 aliphatic carbocycles. The average Bonchev–Trinajstić information content (AvgIpc) is 2.18. The molecule has 0 unspecified atom stereocenters. The molecule has 0 aliphatic heterocycles. The molecule has 6 heteroatoms. The molecule has 2 atom stereocenters. The fourth-order valence-corrected chi connectivity index (χ4v) is 1.55. The number of rotatable bonds is 2. The van der Waals surface area contributed by atoms with Gasteiger partial charge >= 0.3 is 6.09 Å². The van der Waals surface area contributed by atoms with Crippen molar-refractivity contribution in [1.82, 2.24) is 5.32 Å². The van der Waals surface area contributed by atoms with Crippen LogP contribution in [0, 0.1) is 0 Å². The number of nitrogens with zero attached hydrogens (tertiary/aromatic N) is 3. The van der Waals surface area contributed by atoms with E-state index >= 15 is 0 Å². The van der Waals surface area contributed by atoms with Crippen LogP contribution in [0.1, 0.15) is 33.6 Å². The van der Waals surface area contributed by atoms with Crippen molar-refractivity contribution in [3.8, 4) is 0 Å². The van der Waals surface area contributed by atoms with E-state index in [-0.39, 0.29) is 12.1 Å². The van der Waals surface area contributed by atoms with Gasteiger partial charge in [0.25, 0.3) is 0 Å². The van der Waals surface area contributed by atoms with E-state index in [4.69, 9.17) is 10.3 Å². The molecule has 17 heavy (non-hydrogen) atoms. The summed E-state index contributed by atoms with van der Waals surface area (Å²) in [6.07, 6.45) is 4.72. The Morgan fingerprint density at radius 3 is 2.65 bits per heavy atom. The number of ether oxygens (including phenoxy) is 1. The number of nitrogens with one attached hydrogen (secondary N) is 1. The van der Waals surface area contributed by atoms with Crippen LogP contribution in [0.15, 0.2) is 17.3 Å². The van der Waals surface area contributed by atoms with Crippen molar-refractivity contribution in [3.63, 3.8) is 0 Å². The molecule has 1 amide bonds. The maximum absolute atomic E-state index is 11.5. The third-order valence-corrected chi connectivity index (χ3v) is 2.24. The van der Waals surface area contributed by atoms with E-state index in [9.17, 15) is 4.79 Å². The monoisotopic (exact) mass is 238 g/mol. The minimum absolute atomic E-state index is 0.0463. The van der Waals surface area contributed by atoms with Gasteiger partial charge in [-0.05, 0) is 39.1 Å². The Balaban J connectivity index is 2.42. The number of hydrogen-bond donors (Lipinski definition) is 1. The molecule has 0 spiro atoms. The van der Waals surface area contributed by atoms with Crippen LogP contribution in [-0.2, 0) is 4.74 Å². The molecule has 0 bridgehead atoms. The van der Waals surface area contributed by atoms with Gasteiger partial charge in [-0.25, -0.2) is 4.79 Å². The van der Waals surface area contributed by atoms with Crippen LogP contribution in [-0.4, -0.2) is 23.8 Å². The Hall–Kier alpha value is -1.68. The fourth-order valence-electron chi connectivity index (χ4n) is 1.55. The van der Waals surface area contributed by atoms with Crippen LogP contribution in [0.4, 0.5) is 4.79 Å². The van der Waals surface area contributed by atoms with E-state index in [1.54, 1.807) is 0 Å². The first-order valence-corrected chi connectivity index (χ1v) is 5.63. The summed E-state index contributed by atoms with van der Waals surface area (Å²) in [6, 6.07) is -0.147. The van der Waals surface area contributed by atoms with Crippen molar-refractivity contribution < 1.29 is 9.53 Å². The van der Waals surface area contributed by atoms with Crippen LogP contribution in [0.25, 0.3) is 10.4 Å². The fraction of sp³-hybridized carbons (Fsp3) is 0.727. The van der Waals surface area contributed by atoms with E-state index in [0.29, 0.717) is 0 Å². The lowest BCUT2D eigenvalue weighted by Crippen LogP contribution is -2.39. The molecule has 0 aromatic carbocycles. The normalized spacial score (nSPS) is 23.7. The molecule has 0 aromatic rings. The van der Waals surface area contributed by atoms with Crippen LogP contribution in [0.3, 0.4) is 0 Å². The predicted molar refractivity (Wildman–Crippen MR) is 64.5 cm³/mol. The Bertz CT molecular complexity index is 353. The van der Waals surface area contributed by atoms with Crippen LogP contribution in [0.5, 0.6) is 0 Å². The molecule has 0 aromatic heterocycles. The Labute approximate surface area is 101 Å². The van der Waals surface area contributed by atoms with Crippen LogP contribution in [0.2, 0.25) is 0 Å². The SMILES string of the molecule is CC(C)(C)OC(=O)N[C@H]1C=C[C@H](N=[N+]=[N-])CC1. The highest BCUT2D eigenvalue weighted by atomic mass is 16.6. The van der Waals surface area contributed by atoms with Gasteiger partial charge in [0, 0.05) is 4.91 Å². The van der Waals surface area contributed by atoms with E-state index < -0.39 is 11.7 Å². The van der Waals surface area contributed by atoms with Crippen molar-refractivity contribution in [2.75, 3.05) is 0 Å². The van der Waals surface area contributed by atoms with Gasteiger partial charge in [-0.1, -0.05) is 17.3 Å². The summed E-state index contributed by atoms with van der Waals surface area (Å²) >= 11 is 0. The zero-order valence-corrected chi connectivity index (χ0v) is 10.4. The number of carbonyl (C=O) groups is 1. The lowest BCUT2D eigenvalue weighted by molar-refractivity contribution is 0.0511. The first-order valence-electron chi connectivity index (χ1n) is 5.63. The Morgan fingerprint density at radius 2 is 2.18 bits per heavy atom. The second kappa shape index (κ2) is 5.59. The summed E-state index contributed by atoms with van der Waals surface area (Å²) in [5.74, 6) is 0. The highest BCUT2D eigenvalue weighted by molar-refractivity contribution is 5.68. The largest absolute Gasteiger partial charge is 0.444 e. The Morgan fingerprint density at radius 1 is 1.47 bits per heavy atom. The second-order valence-electron chi connectivity index (χ2n) is 4.99.